The molecule has 2 rings (SSSR count). The average Bonchev–Trinajstić information content (AvgIpc) is 2.91. The van der Waals surface area contributed by atoms with E-state index in [2.05, 4.69) is 25.3 Å². The molecule has 1 aromatic rings. The van der Waals surface area contributed by atoms with Crippen LogP contribution in [0.4, 0.5) is 0 Å². The van der Waals surface area contributed by atoms with Gasteiger partial charge < -0.3 is 5.11 Å². The molecule has 0 heterocycles. The molecule has 1 aliphatic rings. The smallest absolute Gasteiger partial charge is 0.0940 e. The molecule has 2 heteroatoms. The van der Waals surface area contributed by atoms with Crippen LogP contribution in [-0.4, -0.2) is 11.4 Å². The van der Waals surface area contributed by atoms with E-state index < -0.39 is 5.60 Å². The highest BCUT2D eigenvalue weighted by Gasteiger charge is 2.53. The van der Waals surface area contributed by atoms with Crippen molar-refractivity contribution in [3.63, 3.8) is 0 Å². The first-order valence-corrected chi connectivity index (χ1v) is 6.80. The van der Waals surface area contributed by atoms with Crippen LogP contribution < -0.4 is 0 Å². The van der Waals surface area contributed by atoms with Crippen molar-refractivity contribution in [1.82, 2.24) is 0 Å². The number of hydrogen-bond acceptors (Lipinski definition) is 2. The quantitative estimate of drug-likeness (QED) is 0.788. The van der Waals surface area contributed by atoms with Gasteiger partial charge >= 0.3 is 0 Å². The molecule has 0 saturated heterocycles. The molecule has 15 heavy (non-hydrogen) atoms. The van der Waals surface area contributed by atoms with Gasteiger partial charge in [0.1, 0.15) is 0 Å². The zero-order valence-electron chi connectivity index (χ0n) is 9.36. The van der Waals surface area contributed by atoms with Crippen LogP contribution in [0.1, 0.15) is 31.7 Å². The maximum absolute atomic E-state index is 10.5. The van der Waals surface area contributed by atoms with Gasteiger partial charge in [0.2, 0.25) is 0 Å². The summed E-state index contributed by atoms with van der Waals surface area (Å²) in [6.45, 7) is 2.18. The number of hydrogen-bond donors (Lipinski definition) is 1. The van der Waals surface area contributed by atoms with Crippen molar-refractivity contribution in [2.45, 2.75) is 36.7 Å². The summed E-state index contributed by atoms with van der Waals surface area (Å²) in [7, 11) is 0. The van der Waals surface area contributed by atoms with Gasteiger partial charge in [0.05, 0.1) is 5.60 Å². The van der Waals surface area contributed by atoms with Gasteiger partial charge in [0.15, 0.2) is 0 Å². The topological polar surface area (TPSA) is 20.2 Å². The lowest BCUT2D eigenvalue weighted by Gasteiger charge is -2.14. The molecule has 0 aromatic heterocycles. The average molecular weight is 222 g/mol. The fraction of sp³-hybridized carbons (Fsp3) is 0.538. The summed E-state index contributed by atoms with van der Waals surface area (Å²) in [5.41, 5.74) is 0.617. The van der Waals surface area contributed by atoms with Gasteiger partial charge in [-0.2, -0.15) is 0 Å². The summed E-state index contributed by atoms with van der Waals surface area (Å²) in [5.74, 6) is 0.482. The van der Waals surface area contributed by atoms with E-state index in [9.17, 15) is 5.11 Å². The molecule has 1 saturated carbocycles. The lowest BCUT2D eigenvalue weighted by molar-refractivity contribution is 0.126. The molecule has 1 fully saturated rings. The molecule has 2 atom stereocenters. The second-order valence-corrected chi connectivity index (χ2v) is 5.16. The predicted molar refractivity (Wildman–Crippen MR) is 65.1 cm³/mol. The van der Waals surface area contributed by atoms with E-state index in [4.69, 9.17) is 0 Å². The predicted octanol–water partition coefficient (Wildman–Crippen LogP) is 3.42. The fourth-order valence-corrected chi connectivity index (χ4v) is 3.02. The Morgan fingerprint density at radius 3 is 2.87 bits per heavy atom. The Balaban J connectivity index is 2.23. The summed E-state index contributed by atoms with van der Waals surface area (Å²) in [6.07, 6.45) is 5.31. The molecule has 1 aromatic carbocycles. The zero-order chi connectivity index (χ0) is 10.9. The zero-order valence-corrected chi connectivity index (χ0v) is 10.2. The molecule has 1 aliphatic carbocycles. The molecular weight excluding hydrogens is 204 g/mol. The van der Waals surface area contributed by atoms with Crippen molar-refractivity contribution in [2.75, 3.05) is 6.26 Å². The highest BCUT2D eigenvalue weighted by atomic mass is 32.2. The monoisotopic (exact) mass is 222 g/mol. The van der Waals surface area contributed by atoms with Crippen LogP contribution in [0.3, 0.4) is 0 Å². The summed E-state index contributed by atoms with van der Waals surface area (Å²) >= 11 is 1.72. The molecule has 0 bridgehead atoms. The standard InChI is InChI=1S/C13H18OS/c1-3-6-10-9-13(10,14)11-7-4-5-8-12(11)15-2/h4-5,7-8,10,14H,3,6,9H2,1-2H3. The van der Waals surface area contributed by atoms with Gasteiger partial charge in [0.25, 0.3) is 0 Å². The fourth-order valence-electron chi connectivity index (χ4n) is 2.34. The Kier molecular flexibility index (Phi) is 3.08. The summed E-state index contributed by atoms with van der Waals surface area (Å²) in [6, 6.07) is 8.23. The van der Waals surface area contributed by atoms with E-state index in [1.54, 1.807) is 11.8 Å². The highest BCUT2D eigenvalue weighted by Crippen LogP contribution is 2.55. The van der Waals surface area contributed by atoms with E-state index >= 15 is 0 Å². The summed E-state index contributed by atoms with van der Waals surface area (Å²) < 4.78 is 0. The molecule has 0 aliphatic heterocycles. The Bertz CT molecular complexity index is 350. The number of thioether (sulfide) groups is 1. The van der Waals surface area contributed by atoms with E-state index in [-0.39, 0.29) is 0 Å². The molecule has 0 radical (unpaired) electrons. The van der Waals surface area contributed by atoms with E-state index in [1.165, 1.54) is 4.90 Å². The lowest BCUT2D eigenvalue weighted by Crippen LogP contribution is -2.10. The van der Waals surface area contributed by atoms with Gasteiger partial charge in [0, 0.05) is 4.90 Å². The van der Waals surface area contributed by atoms with Gasteiger partial charge in [-0.3, -0.25) is 0 Å². The molecule has 1 nitrogen and oxygen atoms in total. The Morgan fingerprint density at radius 2 is 2.20 bits per heavy atom. The van der Waals surface area contributed by atoms with Crippen LogP contribution in [-0.2, 0) is 5.60 Å². The van der Waals surface area contributed by atoms with Crippen molar-refractivity contribution in [3.05, 3.63) is 29.8 Å². The second-order valence-electron chi connectivity index (χ2n) is 4.31. The van der Waals surface area contributed by atoms with Crippen molar-refractivity contribution < 1.29 is 5.11 Å². The van der Waals surface area contributed by atoms with Crippen molar-refractivity contribution in [1.29, 1.82) is 0 Å². The van der Waals surface area contributed by atoms with E-state index in [0.717, 1.165) is 24.8 Å². The number of aliphatic hydroxyl groups is 1. The summed E-state index contributed by atoms with van der Waals surface area (Å²) in [5, 5.41) is 10.5. The molecule has 0 spiro atoms. The maximum atomic E-state index is 10.5. The third kappa shape index (κ3) is 1.93. The summed E-state index contributed by atoms with van der Waals surface area (Å²) in [4.78, 5) is 1.22. The lowest BCUT2D eigenvalue weighted by atomic mass is 10.0. The number of benzene rings is 1. The molecule has 1 N–H and O–H groups in total. The van der Waals surface area contributed by atoms with E-state index in [1.807, 2.05) is 12.1 Å². The van der Waals surface area contributed by atoms with Crippen LogP contribution in [0.15, 0.2) is 29.2 Å². The van der Waals surface area contributed by atoms with Gasteiger partial charge in [-0.1, -0.05) is 31.5 Å². The Labute approximate surface area is 95.9 Å². The molecular formula is C13H18OS. The first-order valence-electron chi connectivity index (χ1n) is 5.58. The second kappa shape index (κ2) is 4.18. The van der Waals surface area contributed by atoms with Gasteiger partial charge in [-0.15, -0.1) is 11.8 Å². The SMILES string of the molecule is CCCC1CC1(O)c1ccccc1SC. The first-order chi connectivity index (χ1) is 7.22. The highest BCUT2D eigenvalue weighted by molar-refractivity contribution is 7.98. The van der Waals surface area contributed by atoms with E-state index in [0.29, 0.717) is 5.92 Å². The minimum absolute atomic E-state index is 0.482. The van der Waals surface area contributed by atoms with Gasteiger partial charge in [-0.05, 0) is 36.6 Å². The molecule has 0 amide bonds. The van der Waals surface area contributed by atoms with Crippen LogP contribution in [0.25, 0.3) is 0 Å². The van der Waals surface area contributed by atoms with Crippen molar-refractivity contribution in [3.8, 4) is 0 Å². The third-order valence-corrected chi connectivity index (χ3v) is 4.08. The molecule has 82 valence electrons. The van der Waals surface area contributed by atoms with Crippen molar-refractivity contribution >= 4 is 11.8 Å². The maximum Gasteiger partial charge on any atom is 0.0940 e. The third-order valence-electron chi connectivity index (χ3n) is 3.28. The van der Waals surface area contributed by atoms with Gasteiger partial charge in [-0.25, -0.2) is 0 Å². The Hall–Kier alpha value is -0.470. The first kappa shape index (κ1) is 11.0. The minimum atomic E-state index is -0.518. The van der Waals surface area contributed by atoms with Crippen LogP contribution >= 0.6 is 11.8 Å². The number of rotatable bonds is 4. The van der Waals surface area contributed by atoms with Crippen LogP contribution in [0.2, 0.25) is 0 Å². The molecule has 2 unspecified atom stereocenters. The largest absolute Gasteiger partial charge is 0.385 e. The van der Waals surface area contributed by atoms with Crippen LogP contribution in [0, 0.1) is 5.92 Å². The normalized spacial score (nSPS) is 29.1. The Morgan fingerprint density at radius 1 is 1.47 bits per heavy atom. The minimum Gasteiger partial charge on any atom is -0.385 e. The van der Waals surface area contributed by atoms with Crippen LogP contribution in [0.5, 0.6) is 0 Å². The van der Waals surface area contributed by atoms with Crippen molar-refractivity contribution in [2.24, 2.45) is 5.92 Å².